The molecule has 1 aliphatic rings. The fraction of sp³-hybridized carbons (Fsp3) is 0.667. The molecule has 0 atom stereocenters. The molecule has 0 aliphatic carbocycles. The molecule has 1 aromatic rings. The standard InChI is InChI=1S/C15H24N2/c1-12(2)15-5-8-17(9-6-15)11-14-4-7-16-13(3)10-14/h4,7,10,12,15H,5-6,8-9,11H2,1-3H3. The van der Waals surface area contributed by atoms with Gasteiger partial charge in [0.1, 0.15) is 0 Å². The highest BCUT2D eigenvalue weighted by Gasteiger charge is 2.21. The van der Waals surface area contributed by atoms with E-state index < -0.39 is 0 Å². The molecular weight excluding hydrogens is 208 g/mol. The molecule has 0 bridgehead atoms. The van der Waals surface area contributed by atoms with Crippen molar-refractivity contribution in [2.75, 3.05) is 13.1 Å². The maximum atomic E-state index is 4.25. The molecule has 1 aliphatic heterocycles. The van der Waals surface area contributed by atoms with Crippen LogP contribution in [0, 0.1) is 18.8 Å². The van der Waals surface area contributed by atoms with Crippen molar-refractivity contribution >= 4 is 0 Å². The summed E-state index contributed by atoms with van der Waals surface area (Å²) in [5.41, 5.74) is 2.53. The number of hydrogen-bond acceptors (Lipinski definition) is 2. The van der Waals surface area contributed by atoms with Crippen LogP contribution in [0.1, 0.15) is 37.9 Å². The monoisotopic (exact) mass is 232 g/mol. The van der Waals surface area contributed by atoms with Crippen LogP contribution in [0.5, 0.6) is 0 Å². The van der Waals surface area contributed by atoms with Crippen LogP contribution in [-0.4, -0.2) is 23.0 Å². The third-order valence-electron chi connectivity index (χ3n) is 3.94. The highest BCUT2D eigenvalue weighted by molar-refractivity contribution is 5.15. The van der Waals surface area contributed by atoms with E-state index in [1.54, 1.807) is 0 Å². The predicted molar refractivity (Wildman–Crippen MR) is 71.8 cm³/mol. The Morgan fingerprint density at radius 3 is 2.65 bits per heavy atom. The molecular formula is C15H24N2. The first-order valence-electron chi connectivity index (χ1n) is 6.79. The first-order chi connectivity index (χ1) is 8.15. The normalized spacial score (nSPS) is 18.8. The summed E-state index contributed by atoms with van der Waals surface area (Å²) in [7, 11) is 0. The van der Waals surface area contributed by atoms with Gasteiger partial charge in [0.15, 0.2) is 0 Å². The third-order valence-corrected chi connectivity index (χ3v) is 3.94. The third kappa shape index (κ3) is 3.53. The Balaban J connectivity index is 1.86. The van der Waals surface area contributed by atoms with Crippen LogP contribution in [-0.2, 0) is 6.54 Å². The Morgan fingerprint density at radius 1 is 1.35 bits per heavy atom. The van der Waals surface area contributed by atoms with E-state index in [-0.39, 0.29) is 0 Å². The highest BCUT2D eigenvalue weighted by atomic mass is 15.1. The molecule has 0 aromatic carbocycles. The summed E-state index contributed by atoms with van der Waals surface area (Å²) in [5, 5.41) is 0. The summed E-state index contributed by atoms with van der Waals surface area (Å²) >= 11 is 0. The van der Waals surface area contributed by atoms with Gasteiger partial charge in [-0.05, 0) is 62.4 Å². The number of hydrogen-bond donors (Lipinski definition) is 0. The molecule has 0 saturated carbocycles. The van der Waals surface area contributed by atoms with Crippen molar-refractivity contribution in [2.24, 2.45) is 11.8 Å². The van der Waals surface area contributed by atoms with Crippen molar-refractivity contribution in [1.29, 1.82) is 0 Å². The topological polar surface area (TPSA) is 16.1 Å². The molecule has 0 unspecified atom stereocenters. The van der Waals surface area contributed by atoms with Crippen molar-refractivity contribution in [3.63, 3.8) is 0 Å². The number of likely N-dealkylation sites (tertiary alicyclic amines) is 1. The molecule has 0 spiro atoms. The van der Waals surface area contributed by atoms with Gasteiger partial charge in [0.2, 0.25) is 0 Å². The lowest BCUT2D eigenvalue weighted by Gasteiger charge is -2.33. The van der Waals surface area contributed by atoms with Crippen LogP contribution in [0.25, 0.3) is 0 Å². The van der Waals surface area contributed by atoms with Crippen molar-refractivity contribution in [3.8, 4) is 0 Å². The van der Waals surface area contributed by atoms with Crippen molar-refractivity contribution in [1.82, 2.24) is 9.88 Å². The van der Waals surface area contributed by atoms with Gasteiger partial charge in [-0.3, -0.25) is 9.88 Å². The van der Waals surface area contributed by atoms with Crippen molar-refractivity contribution in [3.05, 3.63) is 29.6 Å². The van der Waals surface area contributed by atoms with Gasteiger partial charge < -0.3 is 0 Å². The minimum atomic E-state index is 0.848. The molecule has 2 heteroatoms. The van der Waals surface area contributed by atoms with E-state index >= 15 is 0 Å². The summed E-state index contributed by atoms with van der Waals surface area (Å²) < 4.78 is 0. The lowest BCUT2D eigenvalue weighted by Crippen LogP contribution is -2.34. The average molecular weight is 232 g/mol. The van der Waals surface area contributed by atoms with Gasteiger partial charge in [0.05, 0.1) is 0 Å². The minimum Gasteiger partial charge on any atom is -0.299 e. The molecule has 2 heterocycles. The molecule has 94 valence electrons. The van der Waals surface area contributed by atoms with Crippen molar-refractivity contribution in [2.45, 2.75) is 40.2 Å². The minimum absolute atomic E-state index is 0.848. The second-order valence-corrected chi connectivity index (χ2v) is 5.66. The maximum absolute atomic E-state index is 4.25. The Labute approximate surface area is 105 Å². The molecule has 17 heavy (non-hydrogen) atoms. The summed E-state index contributed by atoms with van der Waals surface area (Å²) in [6, 6.07) is 4.34. The largest absolute Gasteiger partial charge is 0.299 e. The number of aromatic nitrogens is 1. The molecule has 2 rings (SSSR count). The first kappa shape index (κ1) is 12.6. The Bertz CT molecular complexity index is 352. The van der Waals surface area contributed by atoms with Crippen LogP contribution in [0.4, 0.5) is 0 Å². The van der Waals surface area contributed by atoms with Crippen LogP contribution < -0.4 is 0 Å². The zero-order chi connectivity index (χ0) is 12.3. The molecule has 1 fully saturated rings. The van der Waals surface area contributed by atoms with Gasteiger partial charge in [0.25, 0.3) is 0 Å². The zero-order valence-corrected chi connectivity index (χ0v) is 11.3. The van der Waals surface area contributed by atoms with E-state index in [2.05, 4.69) is 42.8 Å². The smallest absolute Gasteiger partial charge is 0.0375 e. The SMILES string of the molecule is Cc1cc(CN2CCC(C(C)C)CC2)ccn1. The Morgan fingerprint density at radius 2 is 2.06 bits per heavy atom. The summed E-state index contributed by atoms with van der Waals surface area (Å²) in [6.45, 7) is 10.4. The summed E-state index contributed by atoms with van der Waals surface area (Å²) in [5.74, 6) is 1.78. The second kappa shape index (κ2) is 5.63. The molecule has 0 amide bonds. The number of pyridine rings is 1. The first-order valence-corrected chi connectivity index (χ1v) is 6.79. The van der Waals surface area contributed by atoms with E-state index in [0.717, 1.165) is 24.1 Å². The van der Waals surface area contributed by atoms with Gasteiger partial charge in [-0.1, -0.05) is 13.8 Å². The Kier molecular flexibility index (Phi) is 4.16. The fourth-order valence-electron chi connectivity index (χ4n) is 2.74. The van der Waals surface area contributed by atoms with Gasteiger partial charge in [0, 0.05) is 18.4 Å². The van der Waals surface area contributed by atoms with Gasteiger partial charge in [-0.15, -0.1) is 0 Å². The lowest BCUT2D eigenvalue weighted by molar-refractivity contribution is 0.152. The Hall–Kier alpha value is -0.890. The molecule has 0 N–H and O–H groups in total. The predicted octanol–water partition coefficient (Wildman–Crippen LogP) is 3.26. The van der Waals surface area contributed by atoms with Gasteiger partial charge in [-0.25, -0.2) is 0 Å². The summed E-state index contributed by atoms with van der Waals surface area (Å²) in [4.78, 5) is 6.83. The highest BCUT2D eigenvalue weighted by Crippen LogP contribution is 2.25. The lowest BCUT2D eigenvalue weighted by atomic mass is 9.86. The summed E-state index contributed by atoms with van der Waals surface area (Å²) in [6.07, 6.45) is 4.65. The second-order valence-electron chi connectivity index (χ2n) is 5.66. The molecule has 0 radical (unpaired) electrons. The van der Waals surface area contributed by atoms with E-state index in [1.807, 2.05) is 6.20 Å². The molecule has 2 nitrogen and oxygen atoms in total. The maximum Gasteiger partial charge on any atom is 0.0375 e. The van der Waals surface area contributed by atoms with E-state index in [9.17, 15) is 0 Å². The number of piperidine rings is 1. The van der Waals surface area contributed by atoms with Crippen molar-refractivity contribution < 1.29 is 0 Å². The molecule has 1 saturated heterocycles. The zero-order valence-electron chi connectivity index (χ0n) is 11.3. The number of rotatable bonds is 3. The van der Waals surface area contributed by atoms with Crippen LogP contribution in [0.15, 0.2) is 18.3 Å². The van der Waals surface area contributed by atoms with Gasteiger partial charge in [-0.2, -0.15) is 0 Å². The van der Waals surface area contributed by atoms with Crippen LogP contribution in [0.2, 0.25) is 0 Å². The number of aryl methyl sites for hydroxylation is 1. The fourth-order valence-corrected chi connectivity index (χ4v) is 2.74. The van der Waals surface area contributed by atoms with E-state index in [1.165, 1.54) is 31.5 Å². The van der Waals surface area contributed by atoms with Crippen LogP contribution >= 0.6 is 0 Å². The van der Waals surface area contributed by atoms with Gasteiger partial charge >= 0.3 is 0 Å². The average Bonchev–Trinajstić information content (AvgIpc) is 2.29. The molecule has 1 aromatic heterocycles. The van der Waals surface area contributed by atoms with Crippen LogP contribution in [0.3, 0.4) is 0 Å². The quantitative estimate of drug-likeness (QED) is 0.795. The number of nitrogens with zero attached hydrogens (tertiary/aromatic N) is 2. The van der Waals surface area contributed by atoms with E-state index in [4.69, 9.17) is 0 Å². The van der Waals surface area contributed by atoms with E-state index in [0.29, 0.717) is 0 Å².